The molecule has 0 aliphatic carbocycles. The summed E-state index contributed by atoms with van der Waals surface area (Å²) >= 11 is 0. The normalized spacial score (nSPS) is 15.9. The van der Waals surface area contributed by atoms with Crippen LogP contribution in [0.25, 0.3) is 5.70 Å². The van der Waals surface area contributed by atoms with Crippen molar-refractivity contribution < 1.29 is 15.0 Å². The van der Waals surface area contributed by atoms with Crippen LogP contribution in [-0.4, -0.2) is 34.5 Å². The standard InChI is InChI=1S/C21H24N2O3/c22-14-15-2-1-3-17(12-15)16-6-9-23(10-7-16)19(8-11-24)18-4-5-20(25)21(26)13-18/h1-5,8,11-13,16,25-26H,6-7,9-10,14,22H2/b19-8+. The number of benzene rings is 2. The monoisotopic (exact) mass is 352 g/mol. The van der Waals surface area contributed by atoms with E-state index in [0.717, 1.165) is 49.0 Å². The minimum Gasteiger partial charge on any atom is -0.504 e. The zero-order valence-corrected chi connectivity index (χ0v) is 14.6. The summed E-state index contributed by atoms with van der Waals surface area (Å²) in [5.74, 6) is 0.119. The predicted octanol–water partition coefficient (Wildman–Crippen LogP) is 2.98. The van der Waals surface area contributed by atoms with Gasteiger partial charge in [-0.25, -0.2) is 0 Å². The number of carbonyl (C=O) groups excluding carboxylic acids is 1. The molecule has 0 bridgehead atoms. The number of hydrogen-bond donors (Lipinski definition) is 3. The summed E-state index contributed by atoms with van der Waals surface area (Å²) < 4.78 is 0. The number of piperidine rings is 1. The van der Waals surface area contributed by atoms with Gasteiger partial charge in [-0.05, 0) is 48.1 Å². The lowest BCUT2D eigenvalue weighted by molar-refractivity contribution is -0.104. The van der Waals surface area contributed by atoms with Gasteiger partial charge in [0.15, 0.2) is 11.5 Å². The molecule has 1 fully saturated rings. The first-order chi connectivity index (χ1) is 12.6. The second-order valence-electron chi connectivity index (χ2n) is 6.60. The first-order valence-electron chi connectivity index (χ1n) is 8.84. The number of hydrogen-bond acceptors (Lipinski definition) is 5. The van der Waals surface area contributed by atoms with Crippen LogP contribution in [0.3, 0.4) is 0 Å². The molecule has 0 amide bonds. The number of nitrogens with zero attached hydrogens (tertiary/aromatic N) is 1. The van der Waals surface area contributed by atoms with Crippen LogP contribution in [0.2, 0.25) is 0 Å². The molecule has 1 aliphatic heterocycles. The Labute approximate surface area is 153 Å². The van der Waals surface area contributed by atoms with Crippen LogP contribution in [0.5, 0.6) is 11.5 Å². The van der Waals surface area contributed by atoms with Crippen LogP contribution in [0, 0.1) is 0 Å². The van der Waals surface area contributed by atoms with Crippen molar-refractivity contribution in [2.75, 3.05) is 13.1 Å². The lowest BCUT2D eigenvalue weighted by Gasteiger charge is -2.35. The topological polar surface area (TPSA) is 86.8 Å². The van der Waals surface area contributed by atoms with Crippen LogP contribution in [0.4, 0.5) is 0 Å². The van der Waals surface area contributed by atoms with Gasteiger partial charge in [-0.1, -0.05) is 24.3 Å². The second-order valence-corrected chi connectivity index (χ2v) is 6.60. The number of rotatable bonds is 5. The van der Waals surface area contributed by atoms with E-state index in [9.17, 15) is 15.0 Å². The van der Waals surface area contributed by atoms with Crippen molar-refractivity contribution in [1.82, 2.24) is 4.90 Å². The molecule has 0 saturated carbocycles. The highest BCUT2D eigenvalue weighted by Crippen LogP contribution is 2.34. The van der Waals surface area contributed by atoms with E-state index >= 15 is 0 Å². The average Bonchev–Trinajstić information content (AvgIpc) is 2.68. The molecule has 2 aromatic carbocycles. The number of carbonyl (C=O) groups is 1. The molecule has 5 nitrogen and oxygen atoms in total. The number of nitrogens with two attached hydrogens (primary N) is 1. The number of likely N-dealkylation sites (tertiary alicyclic amines) is 1. The lowest BCUT2D eigenvalue weighted by Crippen LogP contribution is -2.31. The number of phenolic OH excluding ortho intramolecular Hbond substituents is 2. The second kappa shape index (κ2) is 8.06. The van der Waals surface area contributed by atoms with E-state index in [1.54, 1.807) is 6.07 Å². The molecular formula is C21H24N2O3. The lowest BCUT2D eigenvalue weighted by atomic mass is 9.88. The Balaban J connectivity index is 1.75. The Kier molecular flexibility index (Phi) is 5.58. The van der Waals surface area contributed by atoms with Gasteiger partial charge in [0.2, 0.25) is 0 Å². The van der Waals surface area contributed by atoms with Crippen LogP contribution >= 0.6 is 0 Å². The summed E-state index contributed by atoms with van der Waals surface area (Å²) in [4.78, 5) is 13.3. The maximum absolute atomic E-state index is 11.1. The number of allylic oxidation sites excluding steroid dienone is 1. The van der Waals surface area contributed by atoms with Crippen LogP contribution < -0.4 is 5.73 Å². The summed E-state index contributed by atoms with van der Waals surface area (Å²) in [6.45, 7) is 2.18. The third kappa shape index (κ3) is 3.89. The van der Waals surface area contributed by atoms with Gasteiger partial charge in [0.1, 0.15) is 6.29 Å². The smallest absolute Gasteiger partial charge is 0.158 e. The fraction of sp³-hybridized carbons (Fsp3) is 0.286. The maximum Gasteiger partial charge on any atom is 0.158 e. The molecule has 2 aromatic rings. The largest absolute Gasteiger partial charge is 0.504 e. The van der Waals surface area contributed by atoms with E-state index in [0.29, 0.717) is 12.5 Å². The summed E-state index contributed by atoms with van der Waals surface area (Å²) in [7, 11) is 0. The van der Waals surface area contributed by atoms with Gasteiger partial charge in [0, 0.05) is 37.0 Å². The SMILES string of the molecule is NCc1cccc(C2CCN(/C(=C/C=O)c3ccc(O)c(O)c3)CC2)c1. The van der Waals surface area contributed by atoms with Crippen LogP contribution in [-0.2, 0) is 11.3 Å². The zero-order valence-electron chi connectivity index (χ0n) is 14.6. The maximum atomic E-state index is 11.1. The van der Waals surface area contributed by atoms with Crippen molar-refractivity contribution in [3.8, 4) is 11.5 Å². The predicted molar refractivity (Wildman–Crippen MR) is 102 cm³/mol. The minimum atomic E-state index is -0.187. The molecule has 3 rings (SSSR count). The summed E-state index contributed by atoms with van der Waals surface area (Å²) in [6.07, 6.45) is 4.24. The Bertz CT molecular complexity index is 809. The molecule has 26 heavy (non-hydrogen) atoms. The highest BCUT2D eigenvalue weighted by atomic mass is 16.3. The first-order valence-corrected chi connectivity index (χ1v) is 8.84. The summed E-state index contributed by atoms with van der Waals surface area (Å²) in [6, 6.07) is 13.1. The zero-order chi connectivity index (χ0) is 18.5. The van der Waals surface area contributed by atoms with Gasteiger partial charge in [-0.3, -0.25) is 4.79 Å². The van der Waals surface area contributed by atoms with Crippen LogP contribution in [0.15, 0.2) is 48.5 Å². The molecule has 5 heteroatoms. The van der Waals surface area contributed by atoms with Gasteiger partial charge in [0.05, 0.1) is 0 Å². The first kappa shape index (κ1) is 18.0. The molecule has 0 atom stereocenters. The Morgan fingerprint density at radius 1 is 1.12 bits per heavy atom. The van der Waals surface area contributed by atoms with E-state index < -0.39 is 0 Å². The van der Waals surface area contributed by atoms with Crippen molar-refractivity contribution >= 4 is 12.0 Å². The molecule has 1 heterocycles. The number of aldehydes is 1. The van der Waals surface area contributed by atoms with Crippen molar-refractivity contribution in [3.63, 3.8) is 0 Å². The van der Waals surface area contributed by atoms with Crippen molar-refractivity contribution in [2.45, 2.75) is 25.3 Å². The quantitative estimate of drug-likeness (QED) is 0.437. The fourth-order valence-corrected chi connectivity index (χ4v) is 3.56. The number of aromatic hydroxyl groups is 2. The Hall–Kier alpha value is -2.79. The van der Waals surface area contributed by atoms with Gasteiger partial charge in [-0.15, -0.1) is 0 Å². The van der Waals surface area contributed by atoms with E-state index in [-0.39, 0.29) is 11.5 Å². The molecule has 0 unspecified atom stereocenters. The van der Waals surface area contributed by atoms with Gasteiger partial charge < -0.3 is 20.8 Å². The minimum absolute atomic E-state index is 0.169. The summed E-state index contributed by atoms with van der Waals surface area (Å²) in [5, 5.41) is 19.3. The van der Waals surface area contributed by atoms with E-state index in [2.05, 4.69) is 23.1 Å². The molecule has 1 aliphatic rings. The van der Waals surface area contributed by atoms with Crippen molar-refractivity contribution in [3.05, 3.63) is 65.2 Å². The molecule has 1 saturated heterocycles. The molecular weight excluding hydrogens is 328 g/mol. The van der Waals surface area contributed by atoms with Crippen LogP contribution in [0.1, 0.15) is 35.4 Å². The molecule has 0 radical (unpaired) electrons. The third-order valence-corrected chi connectivity index (χ3v) is 4.99. The molecule has 4 N–H and O–H groups in total. The van der Waals surface area contributed by atoms with E-state index in [4.69, 9.17) is 5.73 Å². The average molecular weight is 352 g/mol. The number of phenols is 2. The van der Waals surface area contributed by atoms with Crippen molar-refractivity contribution in [2.24, 2.45) is 5.73 Å². The molecule has 0 aromatic heterocycles. The molecule has 136 valence electrons. The van der Waals surface area contributed by atoms with Gasteiger partial charge in [-0.2, -0.15) is 0 Å². The van der Waals surface area contributed by atoms with E-state index in [1.807, 2.05) is 6.07 Å². The summed E-state index contributed by atoms with van der Waals surface area (Å²) in [5.41, 5.74) is 9.69. The molecule has 0 spiro atoms. The highest BCUT2D eigenvalue weighted by molar-refractivity contribution is 5.81. The third-order valence-electron chi connectivity index (χ3n) is 4.99. The van der Waals surface area contributed by atoms with Gasteiger partial charge in [0.25, 0.3) is 0 Å². The van der Waals surface area contributed by atoms with Gasteiger partial charge >= 0.3 is 0 Å². The van der Waals surface area contributed by atoms with Crippen molar-refractivity contribution in [1.29, 1.82) is 0 Å². The van der Waals surface area contributed by atoms with E-state index in [1.165, 1.54) is 23.8 Å². The highest BCUT2D eigenvalue weighted by Gasteiger charge is 2.23. The Morgan fingerprint density at radius 3 is 2.54 bits per heavy atom. The fourth-order valence-electron chi connectivity index (χ4n) is 3.56. The Morgan fingerprint density at radius 2 is 1.88 bits per heavy atom.